The Morgan fingerprint density at radius 2 is 2.06 bits per heavy atom. The van der Waals surface area contributed by atoms with Crippen molar-refractivity contribution in [2.45, 2.75) is 51.2 Å². The molecule has 3 heterocycles. The normalized spacial score (nSPS) is 16.6. The van der Waals surface area contributed by atoms with Crippen molar-refractivity contribution < 1.29 is 19.4 Å². The molecule has 1 aliphatic rings. The maximum Gasteiger partial charge on any atom is 0.227 e. The Balaban J connectivity index is 1.51. The first-order valence-electron chi connectivity index (χ1n) is 11.1. The van der Waals surface area contributed by atoms with E-state index in [-0.39, 0.29) is 18.1 Å². The fourth-order valence-electron chi connectivity index (χ4n) is 4.53. The molecule has 0 bridgehead atoms. The first kappa shape index (κ1) is 23.4. The van der Waals surface area contributed by atoms with Gasteiger partial charge in [0.05, 0.1) is 11.0 Å². The van der Waals surface area contributed by atoms with E-state index in [0.717, 1.165) is 22.5 Å². The number of imidazole rings is 1. The second-order valence-electron chi connectivity index (χ2n) is 8.60. The van der Waals surface area contributed by atoms with E-state index in [2.05, 4.69) is 10.3 Å². The average molecular weight is 472 g/mol. The van der Waals surface area contributed by atoms with Crippen LogP contribution in [-0.4, -0.2) is 43.7 Å². The topological polar surface area (TPSA) is 118 Å². The minimum absolute atomic E-state index is 0.126. The number of nitrogens with one attached hydrogen (secondary N) is 1. The highest BCUT2D eigenvalue weighted by atomic mass is 32.2. The number of aliphatic hydroxyl groups excluding tert-OH is 1. The molecule has 3 aromatic rings. The van der Waals surface area contributed by atoms with Gasteiger partial charge in [-0.2, -0.15) is 11.8 Å². The summed E-state index contributed by atoms with van der Waals surface area (Å²) >= 11 is 1.79. The molecule has 33 heavy (non-hydrogen) atoms. The number of aromatic hydroxyl groups is 1. The monoisotopic (exact) mass is 471 g/mol. The number of aliphatic hydroxyl groups is 1. The SMILES string of the molecule is Cc1cc(=O)c(O)c(C2(CC(=O)NCCn3c(C(C)O)nc4ccccc43)CCSCC2)o1. The summed E-state index contributed by atoms with van der Waals surface area (Å²) in [6.07, 6.45) is 0.678. The number of nitrogens with zero attached hydrogens (tertiary/aromatic N) is 2. The summed E-state index contributed by atoms with van der Waals surface area (Å²) in [5, 5.41) is 23.6. The van der Waals surface area contributed by atoms with Crippen LogP contribution in [0.5, 0.6) is 5.75 Å². The average Bonchev–Trinajstić information content (AvgIpc) is 3.16. The molecule has 2 aromatic heterocycles. The number of thioether (sulfide) groups is 1. The van der Waals surface area contributed by atoms with Gasteiger partial charge < -0.3 is 24.5 Å². The number of rotatable bonds is 7. The van der Waals surface area contributed by atoms with Crippen molar-refractivity contribution in [2.75, 3.05) is 18.1 Å². The lowest BCUT2D eigenvalue weighted by molar-refractivity contribution is -0.122. The second kappa shape index (κ2) is 9.61. The zero-order valence-corrected chi connectivity index (χ0v) is 19.7. The molecule has 1 aliphatic heterocycles. The minimum atomic E-state index is -0.733. The zero-order chi connectivity index (χ0) is 23.6. The molecule has 9 heteroatoms. The van der Waals surface area contributed by atoms with Crippen LogP contribution in [-0.2, 0) is 16.8 Å². The van der Waals surface area contributed by atoms with E-state index in [9.17, 15) is 19.8 Å². The van der Waals surface area contributed by atoms with Gasteiger partial charge in [-0.1, -0.05) is 12.1 Å². The van der Waals surface area contributed by atoms with Gasteiger partial charge in [-0.25, -0.2) is 4.98 Å². The van der Waals surface area contributed by atoms with Crippen LogP contribution in [0, 0.1) is 6.92 Å². The molecular weight excluding hydrogens is 442 g/mol. The molecule has 0 spiro atoms. The van der Waals surface area contributed by atoms with Crippen molar-refractivity contribution >= 4 is 28.7 Å². The van der Waals surface area contributed by atoms with Crippen LogP contribution in [0.1, 0.15) is 49.6 Å². The Hall–Kier alpha value is -2.78. The zero-order valence-electron chi connectivity index (χ0n) is 18.8. The van der Waals surface area contributed by atoms with Gasteiger partial charge in [0.25, 0.3) is 0 Å². The number of para-hydroxylation sites is 2. The van der Waals surface area contributed by atoms with E-state index in [1.807, 2.05) is 28.8 Å². The lowest BCUT2D eigenvalue weighted by Gasteiger charge is -2.35. The van der Waals surface area contributed by atoms with Crippen molar-refractivity contribution in [3.8, 4) is 5.75 Å². The number of carbonyl (C=O) groups is 1. The van der Waals surface area contributed by atoms with Crippen molar-refractivity contribution in [1.29, 1.82) is 0 Å². The first-order chi connectivity index (χ1) is 15.8. The summed E-state index contributed by atoms with van der Waals surface area (Å²) in [7, 11) is 0. The number of aryl methyl sites for hydroxylation is 1. The Bertz CT molecular complexity index is 1210. The number of fused-ring (bicyclic) bond motifs is 1. The molecule has 1 fully saturated rings. The van der Waals surface area contributed by atoms with E-state index in [0.29, 0.717) is 37.5 Å². The van der Waals surface area contributed by atoms with Crippen molar-refractivity contribution in [3.63, 3.8) is 0 Å². The summed E-state index contributed by atoms with van der Waals surface area (Å²) in [6.45, 7) is 4.15. The smallest absolute Gasteiger partial charge is 0.227 e. The molecule has 1 saturated heterocycles. The van der Waals surface area contributed by atoms with Gasteiger partial charge in [0, 0.05) is 31.0 Å². The Labute approximate surface area is 196 Å². The Morgan fingerprint density at radius 1 is 1.33 bits per heavy atom. The van der Waals surface area contributed by atoms with Gasteiger partial charge in [-0.3, -0.25) is 9.59 Å². The lowest BCUT2D eigenvalue weighted by atomic mass is 9.75. The third kappa shape index (κ3) is 4.79. The van der Waals surface area contributed by atoms with Gasteiger partial charge in [0.2, 0.25) is 17.1 Å². The third-order valence-corrected chi connectivity index (χ3v) is 7.18. The van der Waals surface area contributed by atoms with Gasteiger partial charge in [0.15, 0.2) is 5.76 Å². The van der Waals surface area contributed by atoms with E-state index in [1.54, 1.807) is 25.6 Å². The molecule has 3 N–H and O–H groups in total. The molecule has 1 unspecified atom stereocenters. The minimum Gasteiger partial charge on any atom is -0.502 e. The van der Waals surface area contributed by atoms with E-state index < -0.39 is 22.7 Å². The van der Waals surface area contributed by atoms with Gasteiger partial charge in [0.1, 0.15) is 17.7 Å². The fraction of sp³-hybridized carbons (Fsp3) is 0.458. The molecular formula is C24H29N3O5S. The number of amides is 1. The Kier molecular flexibility index (Phi) is 6.81. The highest BCUT2D eigenvalue weighted by Crippen LogP contribution is 2.44. The molecule has 1 atom stereocenters. The number of aromatic nitrogens is 2. The quantitative estimate of drug-likeness (QED) is 0.485. The summed E-state index contributed by atoms with van der Waals surface area (Å²) in [4.78, 5) is 29.7. The number of hydrogen-bond donors (Lipinski definition) is 3. The van der Waals surface area contributed by atoms with E-state index in [4.69, 9.17) is 4.42 Å². The number of benzene rings is 1. The van der Waals surface area contributed by atoms with Crippen LogP contribution < -0.4 is 10.7 Å². The molecule has 0 aliphatic carbocycles. The summed E-state index contributed by atoms with van der Waals surface area (Å²) in [5.41, 5.74) is 0.500. The third-order valence-electron chi connectivity index (χ3n) is 6.19. The predicted molar refractivity (Wildman–Crippen MR) is 128 cm³/mol. The van der Waals surface area contributed by atoms with Crippen LogP contribution in [0.15, 0.2) is 39.5 Å². The molecule has 4 rings (SSSR count). The molecule has 1 amide bonds. The summed E-state index contributed by atoms with van der Waals surface area (Å²) < 4.78 is 7.72. The van der Waals surface area contributed by atoms with Gasteiger partial charge >= 0.3 is 0 Å². The van der Waals surface area contributed by atoms with Crippen LogP contribution in [0.4, 0.5) is 0 Å². The highest BCUT2D eigenvalue weighted by molar-refractivity contribution is 7.99. The van der Waals surface area contributed by atoms with Crippen molar-refractivity contribution in [3.05, 3.63) is 57.9 Å². The van der Waals surface area contributed by atoms with Crippen LogP contribution >= 0.6 is 11.8 Å². The second-order valence-corrected chi connectivity index (χ2v) is 9.83. The molecule has 176 valence electrons. The van der Waals surface area contributed by atoms with E-state index >= 15 is 0 Å². The van der Waals surface area contributed by atoms with Gasteiger partial charge in [-0.15, -0.1) is 0 Å². The Morgan fingerprint density at radius 3 is 2.79 bits per heavy atom. The molecule has 8 nitrogen and oxygen atoms in total. The van der Waals surface area contributed by atoms with Crippen molar-refractivity contribution in [1.82, 2.24) is 14.9 Å². The lowest BCUT2D eigenvalue weighted by Crippen LogP contribution is -2.39. The predicted octanol–water partition coefficient (Wildman–Crippen LogP) is 3.03. The fourth-order valence-corrected chi connectivity index (χ4v) is 5.81. The maximum atomic E-state index is 13.0. The number of hydrogen-bond acceptors (Lipinski definition) is 7. The van der Waals surface area contributed by atoms with Gasteiger partial charge in [-0.05, 0) is 50.3 Å². The number of carbonyl (C=O) groups excluding carboxylic acids is 1. The first-order valence-corrected chi connectivity index (χ1v) is 12.3. The van der Waals surface area contributed by atoms with Crippen LogP contribution in [0.2, 0.25) is 0 Å². The maximum absolute atomic E-state index is 13.0. The van der Waals surface area contributed by atoms with Crippen molar-refractivity contribution in [2.24, 2.45) is 0 Å². The molecule has 0 saturated carbocycles. The van der Waals surface area contributed by atoms with Crippen LogP contribution in [0.25, 0.3) is 11.0 Å². The standard InChI is InChI=1S/C24H29N3O5S/c1-15-13-19(29)21(31)22(32-15)24(7-11-33-12-8-24)14-20(30)25-9-10-27-18-6-4-3-5-17(18)26-23(27)16(2)28/h3-6,13,16,28,31H,7-12,14H2,1-2H3,(H,25,30). The summed E-state index contributed by atoms with van der Waals surface area (Å²) in [5.74, 6) is 2.27. The molecule has 0 radical (unpaired) electrons. The largest absolute Gasteiger partial charge is 0.502 e. The van der Waals surface area contributed by atoms with E-state index in [1.165, 1.54) is 6.07 Å². The highest BCUT2D eigenvalue weighted by Gasteiger charge is 2.41. The summed E-state index contributed by atoms with van der Waals surface area (Å²) in [6, 6.07) is 8.90. The van der Waals surface area contributed by atoms with Crippen LogP contribution in [0.3, 0.4) is 0 Å². The molecule has 1 aromatic carbocycles.